The van der Waals surface area contributed by atoms with Crippen molar-refractivity contribution in [3.05, 3.63) is 50.9 Å². The fraction of sp³-hybridized carbons (Fsp3) is 0.167. The van der Waals surface area contributed by atoms with Gasteiger partial charge in [0.1, 0.15) is 0 Å². The summed E-state index contributed by atoms with van der Waals surface area (Å²) in [6.07, 6.45) is 1.71. The first-order valence-electron chi connectivity index (χ1n) is 4.88. The Labute approximate surface area is 106 Å². The lowest BCUT2D eigenvalue weighted by Gasteiger charge is -2.08. The average molecular weight is 296 g/mol. The van der Waals surface area contributed by atoms with Crippen molar-refractivity contribution in [2.24, 2.45) is 0 Å². The molecule has 0 N–H and O–H groups in total. The molecule has 1 atom stereocenters. The average Bonchev–Trinajstić information content (AvgIpc) is 2.75. The Morgan fingerprint density at radius 3 is 2.81 bits per heavy atom. The van der Waals surface area contributed by atoms with Crippen molar-refractivity contribution in [3.8, 4) is 0 Å². The number of hydrogen-bond donors (Lipinski definition) is 0. The maximum Gasteiger partial charge on any atom is 0.182 e. The normalized spacial score (nSPS) is 12.4. The number of carbonyl (C=O) groups is 1. The van der Waals surface area contributed by atoms with Crippen LogP contribution in [-0.4, -0.2) is 10.8 Å². The van der Waals surface area contributed by atoms with Crippen molar-refractivity contribution in [1.82, 2.24) is 4.98 Å². The monoisotopic (exact) mass is 295 g/mol. The number of nitrogens with zero attached hydrogens (tertiary/aromatic N) is 1. The second-order valence-electron chi connectivity index (χ2n) is 3.44. The van der Waals surface area contributed by atoms with Gasteiger partial charge in [0.05, 0.1) is 16.5 Å². The maximum absolute atomic E-state index is 12.2. The summed E-state index contributed by atoms with van der Waals surface area (Å²) >= 11 is 4.83. The number of hydrogen-bond acceptors (Lipinski definition) is 3. The van der Waals surface area contributed by atoms with Gasteiger partial charge in [0.2, 0.25) is 0 Å². The maximum atomic E-state index is 12.2. The lowest BCUT2D eigenvalue weighted by atomic mass is 10.0. The smallest absolute Gasteiger partial charge is 0.182 e. The molecule has 4 heteroatoms. The highest BCUT2D eigenvalue weighted by molar-refractivity contribution is 9.10. The van der Waals surface area contributed by atoms with Crippen LogP contribution in [0.5, 0.6) is 0 Å². The zero-order valence-electron chi connectivity index (χ0n) is 8.68. The van der Waals surface area contributed by atoms with Gasteiger partial charge in [-0.25, -0.2) is 0 Å². The van der Waals surface area contributed by atoms with Crippen molar-refractivity contribution >= 4 is 33.0 Å². The predicted octanol–water partition coefficient (Wildman–Crippen LogP) is 3.89. The van der Waals surface area contributed by atoms with E-state index in [1.54, 1.807) is 6.20 Å². The molecule has 0 radical (unpaired) electrons. The van der Waals surface area contributed by atoms with Crippen molar-refractivity contribution in [2.45, 2.75) is 12.8 Å². The van der Waals surface area contributed by atoms with Gasteiger partial charge in [-0.05, 0) is 46.4 Å². The van der Waals surface area contributed by atoms with E-state index in [4.69, 9.17) is 0 Å². The summed E-state index contributed by atoms with van der Waals surface area (Å²) in [6.45, 7) is 1.89. The SMILES string of the molecule is CC(C(=O)c1sccc1Br)c1ccccn1. The first-order chi connectivity index (χ1) is 7.70. The van der Waals surface area contributed by atoms with Crippen LogP contribution < -0.4 is 0 Å². The van der Waals surface area contributed by atoms with Crippen molar-refractivity contribution in [3.63, 3.8) is 0 Å². The van der Waals surface area contributed by atoms with Gasteiger partial charge in [0.25, 0.3) is 0 Å². The van der Waals surface area contributed by atoms with Gasteiger partial charge in [-0.2, -0.15) is 0 Å². The molecule has 0 aromatic carbocycles. The summed E-state index contributed by atoms with van der Waals surface area (Å²) in [7, 11) is 0. The third kappa shape index (κ3) is 2.23. The third-order valence-corrected chi connectivity index (χ3v) is 4.22. The van der Waals surface area contributed by atoms with Gasteiger partial charge in [-0.3, -0.25) is 9.78 Å². The zero-order chi connectivity index (χ0) is 11.5. The molecule has 82 valence electrons. The Hall–Kier alpha value is -1.00. The molecule has 0 bridgehead atoms. The van der Waals surface area contributed by atoms with Gasteiger partial charge in [-0.15, -0.1) is 11.3 Å². The summed E-state index contributed by atoms with van der Waals surface area (Å²) in [5.74, 6) is -0.0864. The second-order valence-corrected chi connectivity index (χ2v) is 5.21. The summed E-state index contributed by atoms with van der Waals surface area (Å²) in [4.78, 5) is 17.1. The van der Waals surface area contributed by atoms with Crippen molar-refractivity contribution < 1.29 is 4.79 Å². The molecule has 0 aliphatic heterocycles. The summed E-state index contributed by atoms with van der Waals surface area (Å²) < 4.78 is 0.866. The van der Waals surface area contributed by atoms with Crippen LogP contribution in [0.2, 0.25) is 0 Å². The van der Waals surface area contributed by atoms with Crippen LogP contribution >= 0.6 is 27.3 Å². The Balaban J connectivity index is 2.27. The predicted molar refractivity (Wildman–Crippen MR) is 69.0 cm³/mol. The van der Waals surface area contributed by atoms with Crippen LogP contribution in [0.3, 0.4) is 0 Å². The molecular weight excluding hydrogens is 286 g/mol. The van der Waals surface area contributed by atoms with E-state index in [-0.39, 0.29) is 11.7 Å². The lowest BCUT2D eigenvalue weighted by molar-refractivity contribution is 0.0968. The minimum Gasteiger partial charge on any atom is -0.292 e. The number of aromatic nitrogens is 1. The van der Waals surface area contributed by atoms with E-state index in [0.29, 0.717) is 0 Å². The van der Waals surface area contributed by atoms with Gasteiger partial charge >= 0.3 is 0 Å². The molecule has 2 nitrogen and oxygen atoms in total. The number of rotatable bonds is 3. The Morgan fingerprint density at radius 1 is 1.44 bits per heavy atom. The number of ketones is 1. The van der Waals surface area contributed by atoms with Crippen molar-refractivity contribution in [1.29, 1.82) is 0 Å². The number of carbonyl (C=O) groups excluding carboxylic acids is 1. The number of thiophene rings is 1. The fourth-order valence-electron chi connectivity index (χ4n) is 1.43. The fourth-order valence-corrected chi connectivity index (χ4v) is 3.03. The summed E-state index contributed by atoms with van der Waals surface area (Å²) in [6, 6.07) is 7.52. The molecular formula is C12H10BrNOS. The second kappa shape index (κ2) is 4.89. The van der Waals surface area contributed by atoms with Crippen LogP contribution in [-0.2, 0) is 0 Å². The summed E-state index contributed by atoms with van der Waals surface area (Å²) in [5.41, 5.74) is 0.813. The lowest BCUT2D eigenvalue weighted by Crippen LogP contribution is -2.09. The molecule has 1 unspecified atom stereocenters. The van der Waals surface area contributed by atoms with E-state index in [2.05, 4.69) is 20.9 Å². The Kier molecular flexibility index (Phi) is 3.51. The molecule has 0 amide bonds. The quantitative estimate of drug-likeness (QED) is 0.804. The minimum absolute atomic E-state index is 0.112. The van der Waals surface area contributed by atoms with E-state index >= 15 is 0 Å². The van der Waals surface area contributed by atoms with Crippen LogP contribution in [0, 0.1) is 0 Å². The zero-order valence-corrected chi connectivity index (χ0v) is 11.1. The van der Waals surface area contributed by atoms with E-state index in [1.807, 2.05) is 36.6 Å². The van der Waals surface area contributed by atoms with Crippen molar-refractivity contribution in [2.75, 3.05) is 0 Å². The first-order valence-corrected chi connectivity index (χ1v) is 6.55. The van der Waals surface area contributed by atoms with Gasteiger partial charge in [-0.1, -0.05) is 6.07 Å². The van der Waals surface area contributed by atoms with Crippen LogP contribution in [0.15, 0.2) is 40.3 Å². The van der Waals surface area contributed by atoms with Crippen LogP contribution in [0.1, 0.15) is 28.2 Å². The molecule has 0 fully saturated rings. The van der Waals surface area contributed by atoms with Gasteiger partial charge in [0.15, 0.2) is 5.78 Å². The first kappa shape index (κ1) is 11.5. The highest BCUT2D eigenvalue weighted by Gasteiger charge is 2.21. The molecule has 0 saturated carbocycles. The molecule has 0 aliphatic carbocycles. The molecule has 0 spiro atoms. The topological polar surface area (TPSA) is 30.0 Å². The minimum atomic E-state index is -0.198. The molecule has 0 aliphatic rings. The molecule has 0 saturated heterocycles. The number of pyridine rings is 1. The van der Waals surface area contributed by atoms with E-state index < -0.39 is 0 Å². The molecule has 2 aromatic heterocycles. The Morgan fingerprint density at radius 2 is 2.25 bits per heavy atom. The van der Waals surface area contributed by atoms with Gasteiger partial charge < -0.3 is 0 Å². The Bertz CT molecular complexity index is 495. The highest BCUT2D eigenvalue weighted by Crippen LogP contribution is 2.28. The van der Waals surface area contributed by atoms with E-state index in [1.165, 1.54) is 11.3 Å². The van der Waals surface area contributed by atoms with Gasteiger partial charge in [0, 0.05) is 10.7 Å². The number of halogens is 1. The third-order valence-electron chi connectivity index (χ3n) is 2.37. The largest absolute Gasteiger partial charge is 0.292 e. The van der Waals surface area contributed by atoms with Crippen LogP contribution in [0.25, 0.3) is 0 Å². The number of Topliss-reactive ketones (excluding diaryl/α,β-unsaturated/α-hetero) is 1. The standard InChI is InChI=1S/C12H10BrNOS/c1-8(10-4-2-3-6-14-10)11(15)12-9(13)5-7-16-12/h2-8H,1H3. The summed E-state index contributed by atoms with van der Waals surface area (Å²) in [5, 5.41) is 1.91. The highest BCUT2D eigenvalue weighted by atomic mass is 79.9. The molecule has 16 heavy (non-hydrogen) atoms. The molecule has 2 rings (SSSR count). The molecule has 2 heterocycles. The van der Waals surface area contributed by atoms with Crippen LogP contribution in [0.4, 0.5) is 0 Å². The van der Waals surface area contributed by atoms with E-state index in [9.17, 15) is 4.79 Å². The molecule has 2 aromatic rings. The van der Waals surface area contributed by atoms with E-state index in [0.717, 1.165) is 15.0 Å².